The number of carbonyl (C=O) groups is 4. The molecule has 52 heavy (non-hydrogen) atoms. The van der Waals surface area contributed by atoms with Crippen LogP contribution in [-0.2, 0) is 28.7 Å². The number of nitrogens with zero attached hydrogens (tertiary/aromatic N) is 2. The molecule has 294 valence electrons. The Balaban J connectivity index is 1.78. The molecule has 1 aromatic carbocycles. The van der Waals surface area contributed by atoms with Crippen molar-refractivity contribution in [3.8, 4) is 0 Å². The minimum Gasteiger partial charge on any atom is -0.386 e. The average molecular weight is 730 g/mol. The second kappa shape index (κ2) is 19.3. The van der Waals surface area contributed by atoms with Crippen molar-refractivity contribution in [2.45, 2.75) is 136 Å². The first-order valence-electron chi connectivity index (χ1n) is 19.2. The van der Waals surface area contributed by atoms with Crippen LogP contribution in [0.25, 0.3) is 0 Å². The number of aliphatic hydroxyl groups excluding tert-OH is 1. The number of ether oxygens (including phenoxy) is 2. The van der Waals surface area contributed by atoms with Gasteiger partial charge in [-0.3, -0.25) is 19.2 Å². The van der Waals surface area contributed by atoms with E-state index < -0.39 is 48.4 Å². The van der Waals surface area contributed by atoms with Gasteiger partial charge in [0.05, 0.1) is 54.8 Å². The summed E-state index contributed by atoms with van der Waals surface area (Å²) in [5.41, 5.74) is 0.715. The molecular formula is C40H67N5O7. The highest BCUT2D eigenvalue weighted by atomic mass is 16.5. The number of aliphatic hydroxyl groups is 1. The van der Waals surface area contributed by atoms with Crippen LogP contribution in [0.4, 0.5) is 0 Å². The van der Waals surface area contributed by atoms with E-state index in [1.165, 1.54) is 0 Å². The van der Waals surface area contributed by atoms with Gasteiger partial charge in [0.2, 0.25) is 23.6 Å². The van der Waals surface area contributed by atoms with Crippen LogP contribution < -0.4 is 16.0 Å². The minimum absolute atomic E-state index is 0.0114. The number of hydrogen-bond acceptors (Lipinski definition) is 8. The van der Waals surface area contributed by atoms with Crippen molar-refractivity contribution in [1.29, 1.82) is 0 Å². The molecule has 4 amide bonds. The maximum Gasteiger partial charge on any atom is 0.245 e. The third-order valence-electron chi connectivity index (χ3n) is 11.5. The molecule has 12 atom stereocenters. The van der Waals surface area contributed by atoms with Gasteiger partial charge in [-0.25, -0.2) is 0 Å². The lowest BCUT2D eigenvalue weighted by Gasteiger charge is -2.41. The fourth-order valence-electron chi connectivity index (χ4n) is 8.13. The predicted molar refractivity (Wildman–Crippen MR) is 202 cm³/mol. The summed E-state index contributed by atoms with van der Waals surface area (Å²) < 4.78 is 12.0. The van der Waals surface area contributed by atoms with E-state index in [1.54, 1.807) is 47.1 Å². The SMILES string of the molecule is CCC(C)C(C(CC(=O)N1[C@H](C(OC)C(C)C(=O)NC(C)C(O)c2ccccc2)C[C@@H]2C[C@@H]21)OC)N(C)C(=O)C(NC(=O)C(NC)C(C)C)C(C)C. The van der Waals surface area contributed by atoms with E-state index in [0.717, 1.165) is 19.3 Å². The van der Waals surface area contributed by atoms with Gasteiger partial charge >= 0.3 is 0 Å². The van der Waals surface area contributed by atoms with Gasteiger partial charge in [-0.1, -0.05) is 85.2 Å². The fourth-order valence-corrected chi connectivity index (χ4v) is 8.13. The van der Waals surface area contributed by atoms with Crippen LogP contribution in [0.2, 0.25) is 0 Å². The Kier molecular flexibility index (Phi) is 16.1. The lowest BCUT2D eigenvalue weighted by molar-refractivity contribution is -0.148. The third kappa shape index (κ3) is 10.1. The number of nitrogens with one attached hydrogen (secondary N) is 3. The van der Waals surface area contributed by atoms with E-state index in [-0.39, 0.29) is 59.9 Å². The summed E-state index contributed by atoms with van der Waals surface area (Å²) in [6.45, 7) is 15.4. The van der Waals surface area contributed by atoms with Gasteiger partial charge in [0.1, 0.15) is 6.04 Å². The molecule has 1 saturated carbocycles. The second-order valence-electron chi connectivity index (χ2n) is 15.9. The average Bonchev–Trinajstić information content (AvgIpc) is 3.78. The number of likely N-dealkylation sites (tertiary alicyclic amines) is 1. The molecule has 1 aliphatic heterocycles. The zero-order valence-electron chi connectivity index (χ0n) is 33.6. The maximum absolute atomic E-state index is 14.4. The molecule has 0 radical (unpaired) electrons. The van der Waals surface area contributed by atoms with Crippen LogP contribution in [0.1, 0.15) is 92.7 Å². The summed E-state index contributed by atoms with van der Waals surface area (Å²) in [4.78, 5) is 58.9. The first-order valence-corrected chi connectivity index (χ1v) is 19.2. The molecule has 3 rings (SSSR count). The molecule has 2 fully saturated rings. The van der Waals surface area contributed by atoms with Gasteiger partial charge in [-0.05, 0) is 56.0 Å². The number of methoxy groups -OCH3 is 2. The Morgan fingerprint density at radius 3 is 2.04 bits per heavy atom. The second-order valence-corrected chi connectivity index (χ2v) is 15.9. The van der Waals surface area contributed by atoms with Gasteiger partial charge in [0.25, 0.3) is 0 Å². The third-order valence-corrected chi connectivity index (χ3v) is 11.5. The van der Waals surface area contributed by atoms with Crippen LogP contribution in [0.5, 0.6) is 0 Å². The van der Waals surface area contributed by atoms with E-state index in [1.807, 2.05) is 69.9 Å². The number of carbonyl (C=O) groups excluding carboxylic acids is 4. The standard InChI is InChI=1S/C40H67N5O7/c1-13-24(6)35(44(10)40(50)34(23(4)5)43-39(49)33(41-9)22(2)3)31(51-11)21-32(46)45-29-19-28(29)20-30(45)37(52-12)25(7)38(48)42-26(8)36(47)27-17-15-14-16-18-27/h14-18,22-26,28-31,33-37,41,47H,13,19-21H2,1-12H3,(H,42,48)(H,43,49)/t24?,25?,26?,28-,29-,30-,31?,33?,34?,35?,36?,37?/m0/s1. The molecule has 0 bridgehead atoms. The number of amides is 4. The van der Waals surface area contributed by atoms with Crippen molar-refractivity contribution in [3.05, 3.63) is 35.9 Å². The Morgan fingerprint density at radius 2 is 1.52 bits per heavy atom. The number of hydrogen-bond donors (Lipinski definition) is 4. The Morgan fingerprint density at radius 1 is 0.904 bits per heavy atom. The zero-order valence-corrected chi connectivity index (χ0v) is 33.6. The van der Waals surface area contributed by atoms with Crippen molar-refractivity contribution in [3.63, 3.8) is 0 Å². The van der Waals surface area contributed by atoms with Crippen LogP contribution in [0, 0.1) is 29.6 Å². The lowest BCUT2D eigenvalue weighted by atomic mass is 9.89. The summed E-state index contributed by atoms with van der Waals surface area (Å²) >= 11 is 0. The van der Waals surface area contributed by atoms with Gasteiger partial charge in [-0.15, -0.1) is 0 Å². The van der Waals surface area contributed by atoms with E-state index in [2.05, 4.69) is 22.9 Å². The largest absolute Gasteiger partial charge is 0.386 e. The maximum atomic E-state index is 14.4. The number of piperidine rings is 1. The van der Waals surface area contributed by atoms with Crippen LogP contribution in [0.15, 0.2) is 30.3 Å². The molecule has 12 heteroatoms. The smallest absolute Gasteiger partial charge is 0.245 e. The molecule has 0 spiro atoms. The summed E-state index contributed by atoms with van der Waals surface area (Å²) in [6.07, 6.45) is 0.397. The van der Waals surface area contributed by atoms with Crippen molar-refractivity contribution < 1.29 is 33.8 Å². The quantitative estimate of drug-likeness (QED) is 0.159. The molecule has 1 saturated heterocycles. The number of rotatable bonds is 20. The van der Waals surface area contributed by atoms with Crippen molar-refractivity contribution in [1.82, 2.24) is 25.8 Å². The van der Waals surface area contributed by atoms with Crippen molar-refractivity contribution in [2.24, 2.45) is 29.6 Å². The first-order chi connectivity index (χ1) is 24.5. The van der Waals surface area contributed by atoms with E-state index >= 15 is 0 Å². The lowest BCUT2D eigenvalue weighted by Crippen LogP contribution is -2.59. The highest BCUT2D eigenvalue weighted by molar-refractivity contribution is 5.90. The number of likely N-dealkylation sites (N-methyl/N-ethyl adjacent to an activating group) is 2. The summed E-state index contributed by atoms with van der Waals surface area (Å²) in [5, 5.41) is 19.9. The molecule has 1 heterocycles. The van der Waals surface area contributed by atoms with Crippen LogP contribution in [-0.4, -0.2) is 115 Å². The van der Waals surface area contributed by atoms with Gasteiger partial charge < -0.3 is 40.3 Å². The molecule has 9 unspecified atom stereocenters. The summed E-state index contributed by atoms with van der Waals surface area (Å²) in [7, 11) is 6.62. The predicted octanol–water partition coefficient (Wildman–Crippen LogP) is 3.53. The normalized spacial score (nSPS) is 23.4. The van der Waals surface area contributed by atoms with Crippen molar-refractivity contribution in [2.75, 3.05) is 28.3 Å². The molecule has 2 aliphatic rings. The first kappa shape index (κ1) is 43.3. The Hall–Kier alpha value is -3.06. The Labute approximate surface area is 312 Å². The topological polar surface area (TPSA) is 150 Å². The van der Waals surface area contributed by atoms with Gasteiger partial charge in [0.15, 0.2) is 0 Å². The highest BCUT2D eigenvalue weighted by Gasteiger charge is 2.57. The minimum atomic E-state index is -0.873. The van der Waals surface area contributed by atoms with E-state index in [4.69, 9.17) is 9.47 Å². The van der Waals surface area contributed by atoms with Gasteiger partial charge in [0, 0.05) is 27.3 Å². The fraction of sp³-hybridized carbons (Fsp3) is 0.750. The van der Waals surface area contributed by atoms with E-state index in [9.17, 15) is 24.3 Å². The van der Waals surface area contributed by atoms with E-state index in [0.29, 0.717) is 11.5 Å². The van der Waals surface area contributed by atoms with Crippen molar-refractivity contribution >= 4 is 23.6 Å². The molecule has 1 aliphatic carbocycles. The molecule has 0 aromatic heterocycles. The number of fused-ring (bicyclic) bond motifs is 1. The molecule has 12 nitrogen and oxygen atoms in total. The van der Waals surface area contributed by atoms with Crippen LogP contribution in [0.3, 0.4) is 0 Å². The number of benzene rings is 1. The molecule has 4 N–H and O–H groups in total. The Bertz CT molecular complexity index is 1330. The summed E-state index contributed by atoms with van der Waals surface area (Å²) in [5.74, 6) is -1.20. The van der Waals surface area contributed by atoms with Crippen LogP contribution >= 0.6 is 0 Å². The zero-order chi connectivity index (χ0) is 39.0. The monoisotopic (exact) mass is 730 g/mol. The molecular weight excluding hydrogens is 662 g/mol. The molecule has 1 aromatic rings. The van der Waals surface area contributed by atoms with Gasteiger partial charge in [-0.2, -0.15) is 0 Å². The highest BCUT2D eigenvalue weighted by Crippen LogP contribution is 2.50. The summed E-state index contributed by atoms with van der Waals surface area (Å²) in [6, 6.07) is 6.81.